The highest BCUT2D eigenvalue weighted by Gasteiger charge is 2.08. The van der Waals surface area contributed by atoms with Crippen molar-refractivity contribution in [1.29, 1.82) is 0 Å². The van der Waals surface area contributed by atoms with Crippen LogP contribution in [-0.4, -0.2) is 36.6 Å². The van der Waals surface area contributed by atoms with Gasteiger partial charge in [-0.2, -0.15) is 0 Å². The third-order valence-electron chi connectivity index (χ3n) is 3.16. The summed E-state index contributed by atoms with van der Waals surface area (Å²) < 4.78 is 0. The van der Waals surface area contributed by atoms with Gasteiger partial charge in [-0.3, -0.25) is 4.90 Å². The van der Waals surface area contributed by atoms with Crippen molar-refractivity contribution in [1.82, 2.24) is 10.2 Å². The molecular weight excluding hydrogens is 208 g/mol. The van der Waals surface area contributed by atoms with Gasteiger partial charge in [-0.05, 0) is 32.7 Å². The third kappa shape index (κ3) is 10.8. The Morgan fingerprint density at radius 3 is 2.00 bits per heavy atom. The molecular formula is C15H34N2. The molecule has 0 aromatic heterocycles. The molecule has 0 heterocycles. The van der Waals surface area contributed by atoms with Gasteiger partial charge in [0, 0.05) is 25.2 Å². The molecule has 0 radical (unpaired) electrons. The van der Waals surface area contributed by atoms with Gasteiger partial charge in [-0.15, -0.1) is 0 Å². The number of rotatable bonds is 10. The predicted molar refractivity (Wildman–Crippen MR) is 78.5 cm³/mol. The number of unbranched alkanes of at least 4 members (excludes halogenated alkanes) is 1. The molecule has 0 aromatic carbocycles. The molecule has 0 aromatic rings. The highest BCUT2D eigenvalue weighted by molar-refractivity contribution is 4.65. The summed E-state index contributed by atoms with van der Waals surface area (Å²) in [5.74, 6) is 0.852. The van der Waals surface area contributed by atoms with Crippen LogP contribution in [0.15, 0.2) is 0 Å². The zero-order valence-corrected chi connectivity index (χ0v) is 12.9. The Balaban J connectivity index is 3.67. The lowest BCUT2D eigenvalue weighted by Gasteiger charge is -2.27. The van der Waals surface area contributed by atoms with Crippen LogP contribution in [0.3, 0.4) is 0 Å². The lowest BCUT2D eigenvalue weighted by molar-refractivity contribution is 0.214. The van der Waals surface area contributed by atoms with Crippen molar-refractivity contribution in [2.75, 3.05) is 19.6 Å². The summed E-state index contributed by atoms with van der Waals surface area (Å²) >= 11 is 0. The molecule has 0 saturated heterocycles. The van der Waals surface area contributed by atoms with Crippen LogP contribution < -0.4 is 5.32 Å². The van der Waals surface area contributed by atoms with E-state index in [0.717, 1.165) is 12.5 Å². The van der Waals surface area contributed by atoms with E-state index in [1.54, 1.807) is 0 Å². The van der Waals surface area contributed by atoms with E-state index in [9.17, 15) is 0 Å². The first kappa shape index (κ1) is 16.9. The quantitative estimate of drug-likeness (QED) is 0.590. The van der Waals surface area contributed by atoms with Crippen molar-refractivity contribution in [3.63, 3.8) is 0 Å². The number of nitrogens with one attached hydrogen (secondary N) is 1. The fourth-order valence-corrected chi connectivity index (χ4v) is 1.99. The topological polar surface area (TPSA) is 15.3 Å². The second-order valence-corrected chi connectivity index (χ2v) is 6.13. The summed E-state index contributed by atoms with van der Waals surface area (Å²) in [5.41, 5.74) is 0. The Morgan fingerprint density at radius 2 is 1.53 bits per heavy atom. The number of hydrogen-bond donors (Lipinski definition) is 1. The van der Waals surface area contributed by atoms with Crippen LogP contribution >= 0.6 is 0 Å². The monoisotopic (exact) mass is 242 g/mol. The minimum absolute atomic E-state index is 0.602. The van der Waals surface area contributed by atoms with Crippen LogP contribution in [0.1, 0.15) is 60.8 Å². The highest BCUT2D eigenvalue weighted by Crippen LogP contribution is 2.08. The summed E-state index contributed by atoms with van der Waals surface area (Å²) in [6.45, 7) is 17.2. The van der Waals surface area contributed by atoms with E-state index in [0.29, 0.717) is 12.1 Å². The van der Waals surface area contributed by atoms with Gasteiger partial charge in [0.25, 0.3) is 0 Å². The van der Waals surface area contributed by atoms with Crippen LogP contribution in [0.5, 0.6) is 0 Å². The molecule has 1 N–H and O–H groups in total. The molecule has 2 nitrogen and oxygen atoms in total. The molecule has 0 atom stereocenters. The van der Waals surface area contributed by atoms with Crippen LogP contribution in [0.2, 0.25) is 0 Å². The second kappa shape index (κ2) is 9.90. The first-order valence-corrected chi connectivity index (χ1v) is 7.41. The van der Waals surface area contributed by atoms with Gasteiger partial charge in [-0.25, -0.2) is 0 Å². The molecule has 0 aliphatic rings. The van der Waals surface area contributed by atoms with Gasteiger partial charge in [-0.1, -0.05) is 40.5 Å². The van der Waals surface area contributed by atoms with Gasteiger partial charge in [0.1, 0.15) is 0 Å². The average molecular weight is 242 g/mol. The van der Waals surface area contributed by atoms with Crippen molar-refractivity contribution < 1.29 is 0 Å². The van der Waals surface area contributed by atoms with Gasteiger partial charge < -0.3 is 5.32 Å². The Bertz CT molecular complexity index is 164. The molecule has 104 valence electrons. The molecule has 0 unspecified atom stereocenters. The van der Waals surface area contributed by atoms with Crippen LogP contribution in [0.4, 0.5) is 0 Å². The zero-order chi connectivity index (χ0) is 13.3. The number of hydrogen-bond acceptors (Lipinski definition) is 2. The Hall–Kier alpha value is -0.0800. The van der Waals surface area contributed by atoms with Crippen molar-refractivity contribution in [2.45, 2.75) is 72.9 Å². The lowest BCUT2D eigenvalue weighted by atomic mass is 10.1. The summed E-state index contributed by atoms with van der Waals surface area (Å²) in [5, 5.41) is 3.50. The molecule has 0 spiro atoms. The van der Waals surface area contributed by atoms with E-state index >= 15 is 0 Å². The molecule has 0 aliphatic carbocycles. The fourth-order valence-electron chi connectivity index (χ4n) is 1.99. The van der Waals surface area contributed by atoms with Crippen molar-refractivity contribution in [3.05, 3.63) is 0 Å². The van der Waals surface area contributed by atoms with Crippen molar-refractivity contribution >= 4 is 0 Å². The summed E-state index contributed by atoms with van der Waals surface area (Å²) in [7, 11) is 0. The van der Waals surface area contributed by atoms with E-state index in [1.165, 1.54) is 32.4 Å². The van der Waals surface area contributed by atoms with E-state index in [1.807, 2.05) is 0 Å². The van der Waals surface area contributed by atoms with Crippen molar-refractivity contribution in [3.8, 4) is 0 Å². The molecule has 0 fully saturated rings. The maximum absolute atomic E-state index is 3.50. The molecule has 0 rings (SSSR count). The Morgan fingerprint density at radius 1 is 0.882 bits per heavy atom. The summed E-state index contributed by atoms with van der Waals surface area (Å²) in [4.78, 5) is 2.59. The largest absolute Gasteiger partial charge is 0.313 e. The molecule has 17 heavy (non-hydrogen) atoms. The molecule has 0 amide bonds. The molecule has 0 saturated carbocycles. The maximum Gasteiger partial charge on any atom is 0.0110 e. The standard InChI is InChI=1S/C15H34N2/c1-13(2)9-7-8-11-17(15(5)6)12-10-16-14(3)4/h13-16H,7-12H2,1-6H3. The fraction of sp³-hybridized carbons (Fsp3) is 1.00. The smallest absolute Gasteiger partial charge is 0.0110 e. The first-order valence-electron chi connectivity index (χ1n) is 7.41. The SMILES string of the molecule is CC(C)CCCCN(CCNC(C)C)C(C)C. The van der Waals surface area contributed by atoms with Crippen LogP contribution in [-0.2, 0) is 0 Å². The maximum atomic E-state index is 3.50. The van der Waals surface area contributed by atoms with E-state index in [4.69, 9.17) is 0 Å². The minimum atomic E-state index is 0.602. The van der Waals surface area contributed by atoms with Crippen LogP contribution in [0.25, 0.3) is 0 Å². The van der Waals surface area contributed by atoms with E-state index in [-0.39, 0.29) is 0 Å². The Kier molecular flexibility index (Phi) is 9.85. The molecule has 2 heteroatoms. The van der Waals surface area contributed by atoms with Crippen molar-refractivity contribution in [2.24, 2.45) is 5.92 Å². The normalized spacial score (nSPS) is 12.4. The van der Waals surface area contributed by atoms with Crippen LogP contribution in [0, 0.1) is 5.92 Å². The van der Waals surface area contributed by atoms with Gasteiger partial charge >= 0.3 is 0 Å². The summed E-state index contributed by atoms with van der Waals surface area (Å²) in [6, 6.07) is 1.27. The van der Waals surface area contributed by atoms with Gasteiger partial charge in [0.15, 0.2) is 0 Å². The zero-order valence-electron chi connectivity index (χ0n) is 12.9. The third-order valence-corrected chi connectivity index (χ3v) is 3.16. The van der Waals surface area contributed by atoms with E-state index in [2.05, 4.69) is 51.8 Å². The van der Waals surface area contributed by atoms with Gasteiger partial charge in [0.05, 0.1) is 0 Å². The number of nitrogens with zero attached hydrogens (tertiary/aromatic N) is 1. The molecule has 0 bridgehead atoms. The first-order chi connectivity index (χ1) is 7.93. The Labute approximate surface area is 109 Å². The lowest BCUT2D eigenvalue weighted by Crippen LogP contribution is -2.39. The van der Waals surface area contributed by atoms with Gasteiger partial charge in [0.2, 0.25) is 0 Å². The molecule has 0 aliphatic heterocycles. The highest BCUT2D eigenvalue weighted by atomic mass is 15.2. The summed E-state index contributed by atoms with van der Waals surface area (Å²) in [6.07, 6.45) is 4.09. The predicted octanol–water partition coefficient (Wildman–Crippen LogP) is 3.52. The second-order valence-electron chi connectivity index (χ2n) is 6.13. The average Bonchev–Trinajstić information content (AvgIpc) is 2.20. The minimum Gasteiger partial charge on any atom is -0.313 e. The van der Waals surface area contributed by atoms with E-state index < -0.39 is 0 Å².